The Labute approximate surface area is 203 Å². The molecule has 34 heavy (non-hydrogen) atoms. The first-order valence-corrected chi connectivity index (χ1v) is 12.1. The molecule has 0 aliphatic heterocycles. The smallest absolute Gasteiger partial charge is 0.335 e. The fourth-order valence-electron chi connectivity index (χ4n) is 4.15. The van der Waals surface area contributed by atoms with Crippen molar-refractivity contribution in [1.82, 2.24) is 0 Å². The zero-order chi connectivity index (χ0) is 25.3. The lowest BCUT2D eigenvalue weighted by molar-refractivity contribution is -0.116. The number of carboxylic acids is 1. The van der Waals surface area contributed by atoms with E-state index < -0.39 is 5.97 Å². The van der Waals surface area contributed by atoms with E-state index in [0.717, 1.165) is 42.6 Å². The maximum absolute atomic E-state index is 13.2. The van der Waals surface area contributed by atoms with Crippen LogP contribution in [0.3, 0.4) is 0 Å². The van der Waals surface area contributed by atoms with Gasteiger partial charge in [-0.2, -0.15) is 0 Å². The number of rotatable bonds is 12. The molecular formula is C28H39NO5. The molecule has 2 N–H and O–H groups in total. The Bertz CT molecular complexity index is 977. The van der Waals surface area contributed by atoms with E-state index in [1.165, 1.54) is 0 Å². The van der Waals surface area contributed by atoms with E-state index in [1.54, 1.807) is 25.3 Å². The minimum absolute atomic E-state index is 0.0297. The van der Waals surface area contributed by atoms with E-state index in [4.69, 9.17) is 9.47 Å². The number of hydrogen-bond acceptors (Lipinski definition) is 4. The third-order valence-electron chi connectivity index (χ3n) is 5.89. The number of benzene rings is 2. The molecule has 1 unspecified atom stereocenters. The van der Waals surface area contributed by atoms with Crippen LogP contribution in [-0.2, 0) is 10.2 Å². The second kappa shape index (κ2) is 12.4. The van der Waals surface area contributed by atoms with Crippen molar-refractivity contribution in [3.63, 3.8) is 0 Å². The lowest BCUT2D eigenvalue weighted by Crippen LogP contribution is -2.21. The first kappa shape index (κ1) is 27.2. The van der Waals surface area contributed by atoms with Gasteiger partial charge < -0.3 is 19.9 Å². The van der Waals surface area contributed by atoms with Crippen LogP contribution in [-0.4, -0.2) is 30.7 Å². The van der Waals surface area contributed by atoms with Crippen molar-refractivity contribution in [2.45, 2.75) is 78.1 Å². The summed E-state index contributed by atoms with van der Waals surface area (Å²) in [6, 6.07) is 10.7. The molecule has 1 atom stereocenters. The number of hydrogen-bond donors (Lipinski definition) is 2. The van der Waals surface area contributed by atoms with Crippen LogP contribution in [0.25, 0.3) is 0 Å². The summed E-state index contributed by atoms with van der Waals surface area (Å²) in [7, 11) is 1.63. The van der Waals surface area contributed by atoms with Gasteiger partial charge in [0.2, 0.25) is 5.91 Å². The summed E-state index contributed by atoms with van der Waals surface area (Å²) in [5.74, 6) is 0.250. The Morgan fingerprint density at radius 2 is 1.79 bits per heavy atom. The predicted molar refractivity (Wildman–Crippen MR) is 136 cm³/mol. The summed E-state index contributed by atoms with van der Waals surface area (Å²) >= 11 is 0. The van der Waals surface area contributed by atoms with Gasteiger partial charge in [-0.05, 0) is 54.0 Å². The van der Waals surface area contributed by atoms with Crippen LogP contribution < -0.4 is 14.8 Å². The molecule has 0 bridgehead atoms. The van der Waals surface area contributed by atoms with Crippen molar-refractivity contribution in [3.8, 4) is 11.5 Å². The largest absolute Gasteiger partial charge is 0.496 e. The fraction of sp³-hybridized carbons (Fsp3) is 0.500. The van der Waals surface area contributed by atoms with Crippen molar-refractivity contribution >= 4 is 17.6 Å². The van der Waals surface area contributed by atoms with Crippen LogP contribution in [0.5, 0.6) is 11.5 Å². The molecule has 2 rings (SSSR count). The third kappa shape index (κ3) is 7.51. The summed E-state index contributed by atoms with van der Waals surface area (Å²) in [6.07, 6.45) is 4.32. The van der Waals surface area contributed by atoms with Crippen molar-refractivity contribution < 1.29 is 24.2 Å². The van der Waals surface area contributed by atoms with E-state index in [0.29, 0.717) is 18.0 Å². The van der Waals surface area contributed by atoms with Gasteiger partial charge in [-0.1, -0.05) is 59.1 Å². The normalized spacial score (nSPS) is 12.2. The monoisotopic (exact) mass is 469 g/mol. The van der Waals surface area contributed by atoms with Crippen LogP contribution in [0, 0.1) is 0 Å². The number of aromatic carboxylic acids is 1. The average Bonchev–Trinajstić information content (AvgIpc) is 2.77. The highest BCUT2D eigenvalue weighted by atomic mass is 16.5. The number of carbonyl (C=O) groups is 2. The molecule has 0 spiro atoms. The number of nitrogens with one attached hydrogen (secondary N) is 1. The molecule has 6 heteroatoms. The average molecular weight is 470 g/mol. The molecule has 0 radical (unpaired) electrons. The van der Waals surface area contributed by atoms with E-state index in [9.17, 15) is 14.7 Å². The van der Waals surface area contributed by atoms with E-state index in [-0.39, 0.29) is 29.2 Å². The maximum atomic E-state index is 13.2. The van der Waals surface area contributed by atoms with E-state index in [1.807, 2.05) is 45.9 Å². The Hall–Kier alpha value is -3.02. The molecule has 0 fully saturated rings. The zero-order valence-electron chi connectivity index (χ0n) is 21.4. The number of unbranched alkanes of at least 4 members (excludes halogenated alkanes) is 2. The highest BCUT2D eigenvalue weighted by molar-refractivity contribution is 5.95. The number of carbonyl (C=O) groups excluding carboxylic acids is 1. The van der Waals surface area contributed by atoms with Gasteiger partial charge in [0.05, 0.1) is 19.3 Å². The highest BCUT2D eigenvalue weighted by Gasteiger charge is 2.24. The number of anilines is 1. The first-order chi connectivity index (χ1) is 16.1. The number of carboxylic acid groups (broad SMARTS) is 1. The zero-order valence-corrected chi connectivity index (χ0v) is 21.4. The highest BCUT2D eigenvalue weighted by Crippen LogP contribution is 2.36. The molecule has 0 saturated carbocycles. The van der Waals surface area contributed by atoms with Gasteiger partial charge in [0.1, 0.15) is 11.5 Å². The fourth-order valence-corrected chi connectivity index (χ4v) is 4.15. The SMILES string of the molecule is CCCCCC(CC(=O)Nc1cc(C(=O)O)ccc1C(C)(C)C)c1ccc(OCC)cc1OC. The van der Waals surface area contributed by atoms with Crippen LogP contribution in [0.2, 0.25) is 0 Å². The van der Waals surface area contributed by atoms with Crippen LogP contribution in [0.4, 0.5) is 5.69 Å². The van der Waals surface area contributed by atoms with Crippen molar-refractivity contribution in [2.75, 3.05) is 19.0 Å². The molecule has 0 aromatic heterocycles. The van der Waals surface area contributed by atoms with Crippen molar-refractivity contribution in [2.24, 2.45) is 0 Å². The molecular weight excluding hydrogens is 430 g/mol. The number of methoxy groups -OCH3 is 1. The number of ether oxygens (including phenoxy) is 2. The first-order valence-electron chi connectivity index (χ1n) is 12.1. The lowest BCUT2D eigenvalue weighted by atomic mass is 9.85. The van der Waals surface area contributed by atoms with Gasteiger partial charge >= 0.3 is 5.97 Å². The Balaban J connectivity index is 2.34. The molecule has 6 nitrogen and oxygen atoms in total. The van der Waals surface area contributed by atoms with Gasteiger partial charge in [0.25, 0.3) is 0 Å². The summed E-state index contributed by atoms with van der Waals surface area (Å²) in [5, 5.41) is 12.4. The number of amides is 1. The third-order valence-corrected chi connectivity index (χ3v) is 5.89. The molecule has 0 aliphatic rings. The summed E-state index contributed by atoms with van der Waals surface area (Å²) in [6.45, 7) is 10.8. The second-order valence-electron chi connectivity index (χ2n) is 9.60. The van der Waals surface area contributed by atoms with Gasteiger partial charge in [0.15, 0.2) is 0 Å². The van der Waals surface area contributed by atoms with Crippen LogP contribution in [0.1, 0.15) is 94.1 Å². The molecule has 1 amide bonds. The molecule has 0 saturated heterocycles. The molecule has 2 aromatic rings. The van der Waals surface area contributed by atoms with Gasteiger partial charge in [0, 0.05) is 18.2 Å². The van der Waals surface area contributed by atoms with Crippen LogP contribution >= 0.6 is 0 Å². The van der Waals surface area contributed by atoms with Gasteiger partial charge in [-0.15, -0.1) is 0 Å². The topological polar surface area (TPSA) is 84.9 Å². The van der Waals surface area contributed by atoms with E-state index in [2.05, 4.69) is 12.2 Å². The molecule has 0 heterocycles. The summed E-state index contributed by atoms with van der Waals surface area (Å²) in [5.41, 5.74) is 2.32. The molecule has 0 aliphatic carbocycles. The van der Waals surface area contributed by atoms with E-state index >= 15 is 0 Å². The minimum atomic E-state index is -1.02. The summed E-state index contributed by atoms with van der Waals surface area (Å²) in [4.78, 5) is 24.8. The lowest BCUT2D eigenvalue weighted by Gasteiger charge is -2.25. The Morgan fingerprint density at radius 3 is 2.38 bits per heavy atom. The maximum Gasteiger partial charge on any atom is 0.335 e. The van der Waals surface area contributed by atoms with Gasteiger partial charge in [-0.25, -0.2) is 4.79 Å². The Morgan fingerprint density at radius 1 is 1.06 bits per heavy atom. The Kier molecular flexibility index (Phi) is 9.97. The molecule has 186 valence electrons. The second-order valence-corrected chi connectivity index (χ2v) is 9.60. The van der Waals surface area contributed by atoms with Crippen LogP contribution in [0.15, 0.2) is 36.4 Å². The summed E-state index contributed by atoms with van der Waals surface area (Å²) < 4.78 is 11.3. The standard InChI is InChI=1S/C28H39NO5/c1-7-9-10-11-19(22-14-13-21(34-8-2)18-25(22)33-6)17-26(30)29-24-16-20(27(31)32)12-15-23(24)28(3,4)5/h12-16,18-19H,7-11,17H2,1-6H3,(H,29,30)(H,31,32). The van der Waals surface area contributed by atoms with Crippen molar-refractivity contribution in [3.05, 3.63) is 53.1 Å². The van der Waals surface area contributed by atoms with Crippen molar-refractivity contribution in [1.29, 1.82) is 0 Å². The molecule has 2 aromatic carbocycles. The predicted octanol–water partition coefficient (Wildman–Crippen LogP) is 6.78. The van der Waals surface area contributed by atoms with Gasteiger partial charge in [-0.3, -0.25) is 4.79 Å². The minimum Gasteiger partial charge on any atom is -0.496 e. The quantitative estimate of drug-likeness (QED) is 0.335.